The quantitative estimate of drug-likeness (QED) is 0.571. The summed E-state index contributed by atoms with van der Waals surface area (Å²) in [6.45, 7) is 0. The van der Waals surface area contributed by atoms with Crippen LogP contribution in [0.15, 0.2) is 29.6 Å². The molecule has 0 amide bonds. The summed E-state index contributed by atoms with van der Waals surface area (Å²) in [6, 6.07) is 8.50. The summed E-state index contributed by atoms with van der Waals surface area (Å²) in [5.74, 6) is 1.35. The van der Waals surface area contributed by atoms with Gasteiger partial charge in [-0.25, -0.2) is 4.98 Å². The van der Waals surface area contributed by atoms with E-state index in [1.165, 1.54) is 23.3 Å². The Bertz CT molecular complexity index is 806. The Morgan fingerprint density at radius 1 is 1.33 bits per heavy atom. The SMILES string of the molecule is ClCc1nc2cc(Cl)ccc2n1C1CCCc2sccc21. The number of nitrogens with zero attached hydrogens (tertiary/aromatic N) is 2. The van der Waals surface area contributed by atoms with Crippen molar-refractivity contribution in [3.05, 3.63) is 50.9 Å². The Labute approximate surface area is 137 Å². The van der Waals surface area contributed by atoms with Crippen LogP contribution in [0, 0.1) is 0 Å². The number of aryl methyl sites for hydroxylation is 1. The topological polar surface area (TPSA) is 17.8 Å². The predicted octanol–water partition coefficient (Wildman–Crippen LogP) is 5.42. The van der Waals surface area contributed by atoms with Crippen molar-refractivity contribution >= 4 is 45.6 Å². The van der Waals surface area contributed by atoms with Crippen molar-refractivity contribution in [1.29, 1.82) is 0 Å². The molecular weight excluding hydrogens is 323 g/mol. The molecule has 0 fully saturated rings. The monoisotopic (exact) mass is 336 g/mol. The van der Waals surface area contributed by atoms with Crippen molar-refractivity contribution in [2.24, 2.45) is 0 Å². The average molecular weight is 337 g/mol. The molecule has 5 heteroatoms. The van der Waals surface area contributed by atoms with E-state index in [0.29, 0.717) is 16.9 Å². The van der Waals surface area contributed by atoms with Gasteiger partial charge < -0.3 is 4.57 Å². The smallest absolute Gasteiger partial charge is 0.125 e. The molecule has 0 saturated carbocycles. The van der Waals surface area contributed by atoms with Crippen LogP contribution < -0.4 is 0 Å². The molecule has 21 heavy (non-hydrogen) atoms. The second kappa shape index (κ2) is 5.31. The number of hydrogen-bond acceptors (Lipinski definition) is 2. The van der Waals surface area contributed by atoms with Gasteiger partial charge in [0, 0.05) is 9.90 Å². The first-order valence-electron chi connectivity index (χ1n) is 7.06. The van der Waals surface area contributed by atoms with Gasteiger partial charge in [0.15, 0.2) is 0 Å². The fourth-order valence-electron chi connectivity index (χ4n) is 3.29. The summed E-state index contributed by atoms with van der Waals surface area (Å²) in [5, 5.41) is 2.91. The average Bonchev–Trinajstić information content (AvgIpc) is 3.09. The Balaban J connectivity index is 1.95. The summed E-state index contributed by atoms with van der Waals surface area (Å²) >= 11 is 14.1. The first-order valence-corrected chi connectivity index (χ1v) is 8.85. The van der Waals surface area contributed by atoms with Gasteiger partial charge in [-0.05, 0) is 54.5 Å². The van der Waals surface area contributed by atoms with Crippen molar-refractivity contribution in [3.8, 4) is 0 Å². The van der Waals surface area contributed by atoms with Gasteiger partial charge in [-0.3, -0.25) is 0 Å². The molecule has 0 saturated heterocycles. The molecular formula is C16H14Cl2N2S. The maximum Gasteiger partial charge on any atom is 0.125 e. The van der Waals surface area contributed by atoms with Crippen LogP contribution in [0.25, 0.3) is 11.0 Å². The van der Waals surface area contributed by atoms with Crippen LogP contribution in [0.2, 0.25) is 5.02 Å². The van der Waals surface area contributed by atoms with Gasteiger partial charge in [0.05, 0.1) is 23.0 Å². The van der Waals surface area contributed by atoms with Crippen LogP contribution in [0.5, 0.6) is 0 Å². The van der Waals surface area contributed by atoms with E-state index in [9.17, 15) is 0 Å². The number of alkyl halides is 1. The highest BCUT2D eigenvalue weighted by Crippen LogP contribution is 2.38. The van der Waals surface area contributed by atoms with Crippen molar-refractivity contribution in [1.82, 2.24) is 9.55 Å². The van der Waals surface area contributed by atoms with Gasteiger partial charge in [0.25, 0.3) is 0 Å². The number of hydrogen-bond donors (Lipinski definition) is 0. The maximum atomic E-state index is 6.15. The first kappa shape index (κ1) is 13.6. The van der Waals surface area contributed by atoms with Crippen molar-refractivity contribution in [2.75, 3.05) is 0 Å². The molecule has 2 aromatic heterocycles. The lowest BCUT2D eigenvalue weighted by molar-refractivity contribution is 0.495. The highest BCUT2D eigenvalue weighted by atomic mass is 35.5. The molecule has 0 aliphatic heterocycles. The molecule has 108 valence electrons. The second-order valence-corrected chi connectivity index (χ2v) is 7.08. The molecule has 1 aliphatic rings. The van der Waals surface area contributed by atoms with E-state index in [2.05, 4.69) is 27.1 Å². The third kappa shape index (κ3) is 2.19. The van der Waals surface area contributed by atoms with E-state index in [1.807, 2.05) is 23.5 Å². The van der Waals surface area contributed by atoms with Crippen LogP contribution in [0.1, 0.15) is 35.1 Å². The van der Waals surface area contributed by atoms with Gasteiger partial charge in [0.1, 0.15) is 5.82 Å². The molecule has 2 heterocycles. The van der Waals surface area contributed by atoms with E-state index < -0.39 is 0 Å². The van der Waals surface area contributed by atoms with Gasteiger partial charge in [-0.2, -0.15) is 0 Å². The third-order valence-corrected chi connectivity index (χ3v) is 5.65. The zero-order chi connectivity index (χ0) is 14.4. The lowest BCUT2D eigenvalue weighted by Crippen LogP contribution is -2.17. The highest BCUT2D eigenvalue weighted by Gasteiger charge is 2.26. The zero-order valence-corrected chi connectivity index (χ0v) is 13.7. The molecule has 0 spiro atoms. The standard InChI is InChI=1S/C16H14Cl2N2S/c17-9-16-19-12-8-10(18)4-5-14(12)20(16)13-2-1-3-15-11(13)6-7-21-15/h4-8,13H,1-3,9H2. The van der Waals surface area contributed by atoms with E-state index in [1.54, 1.807) is 0 Å². The number of halogens is 2. The summed E-state index contributed by atoms with van der Waals surface area (Å²) in [6.07, 6.45) is 3.55. The van der Waals surface area contributed by atoms with Crippen LogP contribution in [-0.2, 0) is 12.3 Å². The largest absolute Gasteiger partial charge is 0.319 e. The molecule has 0 radical (unpaired) electrons. The van der Waals surface area contributed by atoms with Gasteiger partial charge in [-0.15, -0.1) is 22.9 Å². The predicted molar refractivity (Wildman–Crippen MR) is 89.7 cm³/mol. The normalized spacial score (nSPS) is 18.1. The van der Waals surface area contributed by atoms with E-state index >= 15 is 0 Å². The fraction of sp³-hybridized carbons (Fsp3) is 0.312. The Hall–Kier alpha value is -1.03. The fourth-order valence-corrected chi connectivity index (χ4v) is 4.63. The van der Waals surface area contributed by atoms with E-state index in [-0.39, 0.29) is 0 Å². The van der Waals surface area contributed by atoms with Crippen LogP contribution in [0.4, 0.5) is 0 Å². The lowest BCUT2D eigenvalue weighted by Gasteiger charge is -2.26. The summed E-state index contributed by atoms with van der Waals surface area (Å²) in [5.41, 5.74) is 3.49. The number of rotatable bonds is 2. The molecule has 1 unspecified atom stereocenters. The number of benzene rings is 1. The molecule has 1 aromatic carbocycles. The molecule has 3 aromatic rings. The summed E-state index contributed by atoms with van der Waals surface area (Å²) in [7, 11) is 0. The number of thiophene rings is 1. The summed E-state index contributed by atoms with van der Waals surface area (Å²) in [4.78, 5) is 6.18. The Kier molecular flexibility index (Phi) is 3.44. The third-order valence-electron chi connectivity index (χ3n) is 4.18. The summed E-state index contributed by atoms with van der Waals surface area (Å²) < 4.78 is 2.31. The minimum Gasteiger partial charge on any atom is -0.319 e. The van der Waals surface area contributed by atoms with Crippen LogP contribution in [-0.4, -0.2) is 9.55 Å². The molecule has 4 rings (SSSR count). The molecule has 0 bridgehead atoms. The zero-order valence-electron chi connectivity index (χ0n) is 11.4. The number of aromatic nitrogens is 2. The number of imidazole rings is 1. The van der Waals surface area contributed by atoms with E-state index in [4.69, 9.17) is 23.2 Å². The number of fused-ring (bicyclic) bond motifs is 2. The van der Waals surface area contributed by atoms with Crippen LogP contribution in [0.3, 0.4) is 0 Å². The molecule has 1 aliphatic carbocycles. The molecule has 1 atom stereocenters. The minimum absolute atomic E-state index is 0.347. The molecule has 0 N–H and O–H groups in total. The maximum absolute atomic E-state index is 6.15. The van der Waals surface area contributed by atoms with Gasteiger partial charge in [0.2, 0.25) is 0 Å². The second-order valence-electron chi connectivity index (χ2n) is 5.37. The highest BCUT2D eigenvalue weighted by molar-refractivity contribution is 7.10. The van der Waals surface area contributed by atoms with Crippen molar-refractivity contribution in [2.45, 2.75) is 31.2 Å². The lowest BCUT2D eigenvalue weighted by atomic mass is 9.93. The van der Waals surface area contributed by atoms with E-state index in [0.717, 1.165) is 23.3 Å². The first-order chi connectivity index (χ1) is 10.3. The van der Waals surface area contributed by atoms with Crippen molar-refractivity contribution < 1.29 is 0 Å². The Morgan fingerprint density at radius 2 is 2.24 bits per heavy atom. The minimum atomic E-state index is 0.347. The van der Waals surface area contributed by atoms with Crippen molar-refractivity contribution in [3.63, 3.8) is 0 Å². The van der Waals surface area contributed by atoms with Gasteiger partial charge >= 0.3 is 0 Å². The van der Waals surface area contributed by atoms with Crippen LogP contribution >= 0.6 is 34.5 Å². The Morgan fingerprint density at radius 3 is 3.10 bits per heavy atom. The van der Waals surface area contributed by atoms with Gasteiger partial charge in [-0.1, -0.05) is 11.6 Å². The molecule has 2 nitrogen and oxygen atoms in total.